The Bertz CT molecular complexity index is 1010. The summed E-state index contributed by atoms with van der Waals surface area (Å²) in [6, 6.07) is 18.1. The van der Waals surface area contributed by atoms with E-state index in [4.69, 9.17) is 0 Å². The van der Waals surface area contributed by atoms with Gasteiger partial charge in [0.25, 0.3) is 0 Å². The van der Waals surface area contributed by atoms with Crippen LogP contribution in [-0.2, 0) is 6.54 Å². The lowest BCUT2D eigenvalue weighted by atomic mass is 9.87. The molecule has 0 atom stereocenters. The molecule has 0 saturated heterocycles. The standard InChI is InChI=1S/C21H15NO3/c23-18-10-4-8-15-19(24)12-16(21(25)20(15)18)17-9-5-11-22(17)13-14-6-2-1-3-7-14/h1-12,23H,13H2. The van der Waals surface area contributed by atoms with Crippen LogP contribution in [0.25, 0.3) is 5.57 Å². The summed E-state index contributed by atoms with van der Waals surface area (Å²) in [4.78, 5) is 25.3. The van der Waals surface area contributed by atoms with Crippen LogP contribution in [0.1, 0.15) is 32.0 Å². The number of rotatable bonds is 3. The van der Waals surface area contributed by atoms with Crippen molar-refractivity contribution < 1.29 is 14.7 Å². The second kappa shape index (κ2) is 5.91. The van der Waals surface area contributed by atoms with Crippen molar-refractivity contribution in [1.29, 1.82) is 0 Å². The van der Waals surface area contributed by atoms with Gasteiger partial charge in [0.2, 0.25) is 0 Å². The average molecular weight is 329 g/mol. The number of fused-ring (bicyclic) bond motifs is 1. The van der Waals surface area contributed by atoms with Crippen molar-refractivity contribution in [3.63, 3.8) is 0 Å². The molecule has 0 aliphatic heterocycles. The van der Waals surface area contributed by atoms with Gasteiger partial charge in [0.15, 0.2) is 11.6 Å². The van der Waals surface area contributed by atoms with E-state index in [0.717, 1.165) is 5.56 Å². The molecule has 2 aromatic carbocycles. The highest BCUT2D eigenvalue weighted by atomic mass is 16.3. The fourth-order valence-corrected chi connectivity index (χ4v) is 3.16. The largest absolute Gasteiger partial charge is 0.507 e. The van der Waals surface area contributed by atoms with Crippen LogP contribution < -0.4 is 0 Å². The number of Topliss-reactive ketones (excluding diaryl/α,β-unsaturated/α-hetero) is 1. The van der Waals surface area contributed by atoms with Crippen LogP contribution in [0.15, 0.2) is 72.9 Å². The van der Waals surface area contributed by atoms with Gasteiger partial charge in [-0.25, -0.2) is 0 Å². The van der Waals surface area contributed by atoms with Gasteiger partial charge in [-0.15, -0.1) is 0 Å². The van der Waals surface area contributed by atoms with Gasteiger partial charge in [-0.05, 0) is 29.8 Å². The third-order valence-corrected chi connectivity index (χ3v) is 4.36. The van der Waals surface area contributed by atoms with Crippen LogP contribution in [0, 0.1) is 0 Å². The summed E-state index contributed by atoms with van der Waals surface area (Å²) >= 11 is 0. The molecule has 4 rings (SSSR count). The van der Waals surface area contributed by atoms with Crippen LogP contribution in [0.5, 0.6) is 5.75 Å². The Morgan fingerprint density at radius 3 is 2.48 bits per heavy atom. The first-order valence-electron chi connectivity index (χ1n) is 7.97. The molecule has 0 bridgehead atoms. The molecule has 1 aliphatic carbocycles. The lowest BCUT2D eigenvalue weighted by molar-refractivity contribution is 0.0999. The number of nitrogens with zero attached hydrogens (tertiary/aromatic N) is 1. The fraction of sp³-hybridized carbons (Fsp3) is 0.0476. The maximum atomic E-state index is 12.9. The highest BCUT2D eigenvalue weighted by molar-refractivity contribution is 6.39. The first-order valence-corrected chi connectivity index (χ1v) is 7.97. The number of phenols is 1. The van der Waals surface area contributed by atoms with E-state index in [1.807, 2.05) is 53.2 Å². The molecule has 122 valence electrons. The number of aromatic nitrogens is 1. The van der Waals surface area contributed by atoms with Crippen molar-refractivity contribution in [2.75, 3.05) is 0 Å². The van der Waals surface area contributed by atoms with Crippen LogP contribution in [0.3, 0.4) is 0 Å². The van der Waals surface area contributed by atoms with Gasteiger partial charge in [0.1, 0.15) is 5.75 Å². The maximum Gasteiger partial charge on any atom is 0.199 e. The van der Waals surface area contributed by atoms with Gasteiger partial charge in [-0.2, -0.15) is 0 Å². The number of hydrogen-bond donors (Lipinski definition) is 1. The number of phenolic OH excluding ortho intramolecular Hbond substituents is 1. The van der Waals surface area contributed by atoms with Gasteiger partial charge in [0, 0.05) is 18.3 Å². The molecule has 3 aromatic rings. The predicted octanol–water partition coefficient (Wildman–Crippen LogP) is 3.70. The minimum atomic E-state index is -0.333. The van der Waals surface area contributed by atoms with Crippen LogP contribution >= 0.6 is 0 Å². The minimum absolute atomic E-state index is 0.0810. The summed E-state index contributed by atoms with van der Waals surface area (Å²) in [5.74, 6) is -0.767. The molecule has 0 radical (unpaired) electrons. The Morgan fingerprint density at radius 2 is 1.68 bits per heavy atom. The Labute approximate surface area is 144 Å². The zero-order chi connectivity index (χ0) is 17.4. The molecule has 0 amide bonds. The molecule has 25 heavy (non-hydrogen) atoms. The topological polar surface area (TPSA) is 59.3 Å². The van der Waals surface area contributed by atoms with Crippen molar-refractivity contribution >= 4 is 17.1 Å². The monoisotopic (exact) mass is 329 g/mol. The Kier molecular flexibility index (Phi) is 3.58. The van der Waals surface area contributed by atoms with Crippen LogP contribution in [0.4, 0.5) is 0 Å². The van der Waals surface area contributed by atoms with Gasteiger partial charge in [0.05, 0.1) is 16.8 Å². The van der Waals surface area contributed by atoms with E-state index in [-0.39, 0.29) is 28.4 Å². The van der Waals surface area contributed by atoms with Crippen LogP contribution in [0.2, 0.25) is 0 Å². The second-order valence-corrected chi connectivity index (χ2v) is 5.96. The van der Waals surface area contributed by atoms with Crippen molar-refractivity contribution in [2.45, 2.75) is 6.54 Å². The molecule has 0 unspecified atom stereocenters. The zero-order valence-corrected chi connectivity index (χ0v) is 13.3. The van der Waals surface area contributed by atoms with Crippen molar-refractivity contribution in [2.24, 2.45) is 0 Å². The molecule has 1 aliphatic rings. The summed E-state index contributed by atoms with van der Waals surface area (Å²) in [5.41, 5.74) is 2.39. The molecule has 4 nitrogen and oxygen atoms in total. The van der Waals surface area contributed by atoms with Gasteiger partial charge in [-0.3, -0.25) is 9.59 Å². The summed E-state index contributed by atoms with van der Waals surface area (Å²) in [5, 5.41) is 10.1. The molecule has 1 heterocycles. The Hall–Kier alpha value is -3.40. The summed E-state index contributed by atoms with van der Waals surface area (Å²) < 4.78 is 1.93. The summed E-state index contributed by atoms with van der Waals surface area (Å²) in [6.45, 7) is 0.593. The normalized spacial score (nSPS) is 13.5. The van der Waals surface area contributed by atoms with Crippen molar-refractivity contribution in [3.05, 3.63) is 95.3 Å². The van der Waals surface area contributed by atoms with E-state index >= 15 is 0 Å². The molecule has 0 spiro atoms. The first kappa shape index (κ1) is 15.1. The second-order valence-electron chi connectivity index (χ2n) is 5.96. The number of hydrogen-bond acceptors (Lipinski definition) is 3. The zero-order valence-electron chi connectivity index (χ0n) is 13.3. The van der Waals surface area contributed by atoms with E-state index in [0.29, 0.717) is 17.8 Å². The number of aromatic hydroxyl groups is 1. The van der Waals surface area contributed by atoms with Gasteiger partial charge >= 0.3 is 0 Å². The molecular formula is C21H15NO3. The Morgan fingerprint density at radius 1 is 0.880 bits per heavy atom. The maximum absolute atomic E-state index is 12.9. The molecule has 1 aromatic heterocycles. The highest BCUT2D eigenvalue weighted by Gasteiger charge is 2.30. The SMILES string of the molecule is O=C1C=C(c2cccn2Cc2ccccc2)C(=O)c2c(O)cccc21. The number of allylic oxidation sites excluding steroid dienone is 2. The quantitative estimate of drug-likeness (QED) is 0.797. The minimum Gasteiger partial charge on any atom is -0.507 e. The molecule has 0 fully saturated rings. The number of carbonyl (C=O) groups is 2. The fourth-order valence-electron chi connectivity index (χ4n) is 3.16. The van der Waals surface area contributed by atoms with E-state index in [2.05, 4.69) is 0 Å². The van der Waals surface area contributed by atoms with Crippen LogP contribution in [-0.4, -0.2) is 21.2 Å². The average Bonchev–Trinajstić information content (AvgIpc) is 3.07. The molecular weight excluding hydrogens is 314 g/mol. The number of carbonyl (C=O) groups excluding carboxylic acids is 2. The molecule has 1 N–H and O–H groups in total. The molecule has 0 saturated carbocycles. The Balaban J connectivity index is 1.77. The van der Waals surface area contributed by atoms with Gasteiger partial charge < -0.3 is 9.67 Å². The number of benzene rings is 2. The summed E-state index contributed by atoms with van der Waals surface area (Å²) in [7, 11) is 0. The van der Waals surface area contributed by atoms with E-state index in [1.165, 1.54) is 12.1 Å². The van der Waals surface area contributed by atoms with E-state index < -0.39 is 0 Å². The number of ketones is 2. The van der Waals surface area contributed by atoms with E-state index in [1.54, 1.807) is 12.1 Å². The molecule has 4 heteroatoms. The van der Waals surface area contributed by atoms with E-state index in [9.17, 15) is 14.7 Å². The predicted molar refractivity (Wildman–Crippen MR) is 94.7 cm³/mol. The third kappa shape index (κ3) is 2.58. The smallest absolute Gasteiger partial charge is 0.199 e. The van der Waals surface area contributed by atoms with Crippen molar-refractivity contribution in [3.8, 4) is 5.75 Å². The highest BCUT2D eigenvalue weighted by Crippen LogP contribution is 2.33. The summed E-state index contributed by atoms with van der Waals surface area (Å²) in [6.07, 6.45) is 3.24. The lowest BCUT2D eigenvalue weighted by Gasteiger charge is -2.18. The van der Waals surface area contributed by atoms with Gasteiger partial charge in [-0.1, -0.05) is 42.5 Å². The first-order chi connectivity index (χ1) is 12.1. The third-order valence-electron chi connectivity index (χ3n) is 4.36. The lowest BCUT2D eigenvalue weighted by Crippen LogP contribution is -2.18. The van der Waals surface area contributed by atoms with Crippen molar-refractivity contribution in [1.82, 2.24) is 4.57 Å².